The predicted molar refractivity (Wildman–Crippen MR) is 111 cm³/mol. The zero-order valence-electron chi connectivity index (χ0n) is 17.4. The molecule has 0 aliphatic carbocycles. The first-order valence-corrected chi connectivity index (χ1v) is 9.94. The molecule has 1 saturated heterocycles. The summed E-state index contributed by atoms with van der Waals surface area (Å²) >= 11 is 0. The molecule has 0 spiro atoms. The molecule has 1 aliphatic heterocycles. The van der Waals surface area contributed by atoms with Crippen molar-refractivity contribution in [1.29, 1.82) is 0 Å². The van der Waals surface area contributed by atoms with E-state index in [-0.39, 0.29) is 0 Å². The predicted octanol–water partition coefficient (Wildman–Crippen LogP) is 2.45. The van der Waals surface area contributed by atoms with Crippen LogP contribution in [0.1, 0.15) is 24.8 Å². The van der Waals surface area contributed by atoms with Gasteiger partial charge in [-0.05, 0) is 57.0 Å². The number of rotatable bonds is 9. The standard InChI is InChI=1S/C21H36N4O2/c1-22-21(25(4)11-8-18-9-13-26-14-10-18)23-17-19-6-5-7-20(16-19)27-15-12-24(2)3/h5-7,16,18H,8-15,17H2,1-4H3,(H,22,23). The van der Waals surface area contributed by atoms with Gasteiger partial charge >= 0.3 is 0 Å². The normalized spacial score (nSPS) is 15.8. The first kappa shape index (κ1) is 21.5. The number of nitrogens with one attached hydrogen (secondary N) is 1. The fourth-order valence-corrected chi connectivity index (χ4v) is 3.17. The van der Waals surface area contributed by atoms with Crippen LogP contribution in [0, 0.1) is 5.92 Å². The molecule has 2 rings (SSSR count). The van der Waals surface area contributed by atoms with Gasteiger partial charge in [0.1, 0.15) is 12.4 Å². The summed E-state index contributed by atoms with van der Waals surface area (Å²) in [6, 6.07) is 8.26. The van der Waals surface area contributed by atoms with Gasteiger partial charge in [0.2, 0.25) is 0 Å². The molecule has 0 saturated carbocycles. The molecule has 1 fully saturated rings. The number of guanidine groups is 1. The van der Waals surface area contributed by atoms with E-state index in [1.807, 2.05) is 33.3 Å². The van der Waals surface area contributed by atoms with E-state index < -0.39 is 0 Å². The van der Waals surface area contributed by atoms with Gasteiger partial charge in [-0.15, -0.1) is 0 Å². The molecule has 27 heavy (non-hydrogen) atoms. The lowest BCUT2D eigenvalue weighted by Crippen LogP contribution is -2.39. The molecule has 0 amide bonds. The molecule has 0 bridgehead atoms. The summed E-state index contributed by atoms with van der Waals surface area (Å²) in [5, 5.41) is 3.46. The van der Waals surface area contributed by atoms with Crippen LogP contribution >= 0.6 is 0 Å². The summed E-state index contributed by atoms with van der Waals surface area (Å²) in [6.45, 7) is 5.17. The highest BCUT2D eigenvalue weighted by Gasteiger charge is 2.15. The molecular formula is C21H36N4O2. The fourth-order valence-electron chi connectivity index (χ4n) is 3.17. The van der Waals surface area contributed by atoms with Gasteiger partial charge in [0.15, 0.2) is 5.96 Å². The van der Waals surface area contributed by atoms with E-state index in [4.69, 9.17) is 9.47 Å². The molecule has 1 aliphatic rings. The highest BCUT2D eigenvalue weighted by molar-refractivity contribution is 5.79. The summed E-state index contributed by atoms with van der Waals surface area (Å²) in [4.78, 5) is 8.76. The van der Waals surface area contributed by atoms with Gasteiger partial charge < -0.3 is 24.6 Å². The Kier molecular flexibility index (Phi) is 9.42. The fraction of sp³-hybridized carbons (Fsp3) is 0.667. The lowest BCUT2D eigenvalue weighted by molar-refractivity contribution is 0.0625. The van der Waals surface area contributed by atoms with Gasteiger partial charge in [0, 0.05) is 46.9 Å². The maximum Gasteiger partial charge on any atom is 0.193 e. The Hall–Kier alpha value is -1.79. The number of likely N-dealkylation sites (N-methyl/N-ethyl adjacent to an activating group) is 1. The van der Waals surface area contributed by atoms with Gasteiger partial charge in [0.05, 0.1) is 0 Å². The van der Waals surface area contributed by atoms with Crippen LogP contribution in [0.2, 0.25) is 0 Å². The summed E-state index contributed by atoms with van der Waals surface area (Å²) in [7, 11) is 8.05. The van der Waals surface area contributed by atoms with Crippen molar-refractivity contribution in [2.45, 2.75) is 25.8 Å². The molecule has 1 heterocycles. The van der Waals surface area contributed by atoms with E-state index in [0.29, 0.717) is 6.61 Å². The second-order valence-corrected chi connectivity index (χ2v) is 7.47. The van der Waals surface area contributed by atoms with Crippen molar-refractivity contribution in [1.82, 2.24) is 15.1 Å². The van der Waals surface area contributed by atoms with Crippen LogP contribution in [0.15, 0.2) is 29.3 Å². The Morgan fingerprint density at radius 3 is 2.70 bits per heavy atom. The molecule has 152 valence electrons. The number of nitrogens with zero attached hydrogens (tertiary/aromatic N) is 3. The molecule has 1 aromatic carbocycles. The summed E-state index contributed by atoms with van der Waals surface area (Å²) in [6.07, 6.45) is 3.55. The molecule has 0 unspecified atom stereocenters. The minimum atomic E-state index is 0.695. The van der Waals surface area contributed by atoms with E-state index in [1.165, 1.54) is 24.8 Å². The zero-order valence-corrected chi connectivity index (χ0v) is 17.4. The quantitative estimate of drug-likeness (QED) is 0.530. The van der Waals surface area contributed by atoms with Crippen LogP contribution < -0.4 is 10.1 Å². The number of hydrogen-bond acceptors (Lipinski definition) is 4. The number of aliphatic imine (C=N–C) groups is 1. The highest BCUT2D eigenvalue weighted by atomic mass is 16.5. The third-order valence-electron chi connectivity index (χ3n) is 4.94. The van der Waals surface area contributed by atoms with E-state index in [1.54, 1.807) is 0 Å². The Balaban J connectivity index is 1.77. The first-order chi connectivity index (χ1) is 13.1. The SMILES string of the molecule is CN=C(NCc1cccc(OCCN(C)C)c1)N(C)CCC1CCOCC1. The monoisotopic (exact) mass is 376 g/mol. The number of benzene rings is 1. The molecule has 6 nitrogen and oxygen atoms in total. The summed E-state index contributed by atoms with van der Waals surface area (Å²) in [5.41, 5.74) is 1.19. The maximum absolute atomic E-state index is 5.82. The van der Waals surface area contributed by atoms with E-state index in [0.717, 1.165) is 50.5 Å². The topological polar surface area (TPSA) is 49.3 Å². The molecule has 0 radical (unpaired) electrons. The molecule has 0 atom stereocenters. The maximum atomic E-state index is 5.82. The van der Waals surface area contributed by atoms with Gasteiger partial charge in [0.25, 0.3) is 0 Å². The van der Waals surface area contributed by atoms with Crippen LogP contribution in [-0.2, 0) is 11.3 Å². The summed E-state index contributed by atoms with van der Waals surface area (Å²) < 4.78 is 11.3. The molecule has 1 aromatic rings. The van der Waals surface area contributed by atoms with Crippen molar-refractivity contribution in [2.75, 3.05) is 61.1 Å². The van der Waals surface area contributed by atoms with Crippen LogP contribution in [0.4, 0.5) is 0 Å². The number of ether oxygens (including phenoxy) is 2. The minimum Gasteiger partial charge on any atom is -0.492 e. The summed E-state index contributed by atoms with van der Waals surface area (Å²) in [5.74, 6) is 2.62. The average molecular weight is 377 g/mol. The van der Waals surface area contributed by atoms with E-state index in [2.05, 4.69) is 39.3 Å². The minimum absolute atomic E-state index is 0.695. The largest absolute Gasteiger partial charge is 0.492 e. The van der Waals surface area contributed by atoms with Crippen LogP contribution in [0.25, 0.3) is 0 Å². The van der Waals surface area contributed by atoms with Gasteiger partial charge in [-0.2, -0.15) is 0 Å². The van der Waals surface area contributed by atoms with Crippen molar-refractivity contribution >= 4 is 5.96 Å². The Morgan fingerprint density at radius 2 is 2.00 bits per heavy atom. The Bertz CT molecular complexity index is 571. The van der Waals surface area contributed by atoms with Crippen molar-refractivity contribution in [2.24, 2.45) is 10.9 Å². The van der Waals surface area contributed by atoms with Crippen molar-refractivity contribution in [3.63, 3.8) is 0 Å². The first-order valence-electron chi connectivity index (χ1n) is 9.94. The smallest absolute Gasteiger partial charge is 0.193 e. The van der Waals surface area contributed by atoms with Crippen LogP contribution in [-0.4, -0.2) is 76.9 Å². The third-order valence-corrected chi connectivity index (χ3v) is 4.94. The van der Waals surface area contributed by atoms with Crippen LogP contribution in [0.3, 0.4) is 0 Å². The Morgan fingerprint density at radius 1 is 1.22 bits per heavy atom. The second kappa shape index (κ2) is 11.8. The third kappa shape index (κ3) is 8.18. The Labute approximate surface area is 164 Å². The zero-order chi connectivity index (χ0) is 19.5. The average Bonchev–Trinajstić information content (AvgIpc) is 2.68. The van der Waals surface area contributed by atoms with Gasteiger partial charge in [-0.25, -0.2) is 0 Å². The molecule has 1 N–H and O–H groups in total. The lowest BCUT2D eigenvalue weighted by atomic mass is 9.96. The van der Waals surface area contributed by atoms with Crippen molar-refractivity contribution in [3.8, 4) is 5.75 Å². The molecule has 0 aromatic heterocycles. The van der Waals surface area contributed by atoms with E-state index in [9.17, 15) is 0 Å². The second-order valence-electron chi connectivity index (χ2n) is 7.47. The van der Waals surface area contributed by atoms with Gasteiger partial charge in [-0.3, -0.25) is 4.99 Å². The lowest BCUT2D eigenvalue weighted by Gasteiger charge is -2.27. The number of hydrogen-bond donors (Lipinski definition) is 1. The highest BCUT2D eigenvalue weighted by Crippen LogP contribution is 2.18. The molecule has 6 heteroatoms. The van der Waals surface area contributed by atoms with E-state index >= 15 is 0 Å². The molecular weight excluding hydrogens is 340 g/mol. The van der Waals surface area contributed by atoms with Crippen molar-refractivity contribution in [3.05, 3.63) is 29.8 Å². The van der Waals surface area contributed by atoms with Gasteiger partial charge in [-0.1, -0.05) is 12.1 Å². The van der Waals surface area contributed by atoms with Crippen LogP contribution in [0.5, 0.6) is 5.75 Å². The van der Waals surface area contributed by atoms with Crippen molar-refractivity contribution < 1.29 is 9.47 Å².